The number of carbonyl (C=O) groups is 2. The first-order valence-electron chi connectivity index (χ1n) is 9.39. The lowest BCUT2D eigenvalue weighted by Crippen LogP contribution is -2.41. The number of aromatic nitrogens is 4. The average molecular weight is 386 g/mol. The third-order valence-corrected chi connectivity index (χ3v) is 4.44. The molecule has 1 aliphatic heterocycles. The fraction of sp³-hybridized carbons (Fsp3) is 0.526. The van der Waals surface area contributed by atoms with E-state index in [9.17, 15) is 9.59 Å². The van der Waals surface area contributed by atoms with E-state index in [0.29, 0.717) is 32.2 Å². The van der Waals surface area contributed by atoms with Crippen LogP contribution in [0.2, 0.25) is 0 Å². The first-order chi connectivity index (χ1) is 13.5. The second kappa shape index (κ2) is 9.41. The zero-order valence-corrected chi connectivity index (χ0v) is 16.3. The Kier molecular flexibility index (Phi) is 6.70. The van der Waals surface area contributed by atoms with Gasteiger partial charge < -0.3 is 14.5 Å². The van der Waals surface area contributed by atoms with E-state index in [1.165, 1.54) is 17.3 Å². The number of ether oxygens (including phenoxy) is 1. The molecule has 150 valence electrons. The van der Waals surface area contributed by atoms with Crippen molar-refractivity contribution >= 4 is 11.8 Å². The summed E-state index contributed by atoms with van der Waals surface area (Å²) in [7, 11) is 0. The molecule has 2 amide bonds. The topological polar surface area (TPSA) is 93.4 Å². The quantitative estimate of drug-likeness (QED) is 0.691. The molecule has 0 radical (unpaired) electrons. The summed E-state index contributed by atoms with van der Waals surface area (Å²) in [6.45, 7) is 6.07. The van der Waals surface area contributed by atoms with Crippen LogP contribution in [0.15, 0.2) is 37.2 Å². The van der Waals surface area contributed by atoms with Crippen LogP contribution in [0.4, 0.5) is 0 Å². The fourth-order valence-corrected chi connectivity index (χ4v) is 3.14. The van der Waals surface area contributed by atoms with Crippen LogP contribution in [0.1, 0.15) is 19.4 Å². The molecule has 28 heavy (non-hydrogen) atoms. The number of nitrogens with zero attached hydrogens (tertiary/aromatic N) is 6. The van der Waals surface area contributed by atoms with Crippen molar-refractivity contribution in [2.75, 3.05) is 26.2 Å². The Morgan fingerprint density at radius 1 is 1.32 bits per heavy atom. The Bertz CT molecular complexity index is 765. The molecule has 2 aromatic heterocycles. The molecule has 0 aliphatic carbocycles. The number of hydrogen-bond acceptors (Lipinski definition) is 6. The van der Waals surface area contributed by atoms with Crippen LogP contribution in [-0.4, -0.2) is 73.6 Å². The van der Waals surface area contributed by atoms with Crippen molar-refractivity contribution in [2.24, 2.45) is 5.92 Å². The van der Waals surface area contributed by atoms with Gasteiger partial charge in [0.1, 0.15) is 19.2 Å². The third kappa shape index (κ3) is 5.59. The number of hydrogen-bond donors (Lipinski definition) is 0. The minimum atomic E-state index is -0.273. The molecular weight excluding hydrogens is 360 g/mol. The highest BCUT2D eigenvalue weighted by atomic mass is 16.5. The van der Waals surface area contributed by atoms with Gasteiger partial charge in [0.25, 0.3) is 0 Å². The predicted molar refractivity (Wildman–Crippen MR) is 101 cm³/mol. The maximum atomic E-state index is 12.7. The molecule has 3 heterocycles. The highest BCUT2D eigenvalue weighted by Crippen LogP contribution is 2.13. The van der Waals surface area contributed by atoms with Gasteiger partial charge in [-0.1, -0.05) is 19.9 Å². The first kappa shape index (κ1) is 19.9. The molecule has 0 unspecified atom stereocenters. The van der Waals surface area contributed by atoms with Crippen molar-refractivity contribution < 1.29 is 14.3 Å². The van der Waals surface area contributed by atoms with Gasteiger partial charge in [-0.05, 0) is 17.5 Å². The predicted octanol–water partition coefficient (Wildman–Crippen LogP) is 0.585. The third-order valence-electron chi connectivity index (χ3n) is 4.44. The summed E-state index contributed by atoms with van der Waals surface area (Å²) >= 11 is 0. The second-order valence-corrected chi connectivity index (χ2v) is 7.35. The Labute approximate surface area is 164 Å². The van der Waals surface area contributed by atoms with Crippen LogP contribution in [0.5, 0.6) is 0 Å². The van der Waals surface area contributed by atoms with Crippen molar-refractivity contribution in [3.63, 3.8) is 0 Å². The van der Waals surface area contributed by atoms with E-state index in [1.54, 1.807) is 22.2 Å². The van der Waals surface area contributed by atoms with Gasteiger partial charge in [0.05, 0.1) is 19.3 Å². The number of amides is 2. The van der Waals surface area contributed by atoms with Crippen LogP contribution in [0, 0.1) is 5.92 Å². The molecule has 1 aliphatic rings. The van der Waals surface area contributed by atoms with Crippen molar-refractivity contribution in [2.45, 2.75) is 33.1 Å². The van der Waals surface area contributed by atoms with Crippen LogP contribution >= 0.6 is 0 Å². The molecule has 0 N–H and O–H groups in total. The minimum Gasteiger partial charge on any atom is -0.370 e. The van der Waals surface area contributed by atoms with Crippen molar-refractivity contribution in [3.8, 4) is 0 Å². The maximum Gasteiger partial charge on any atom is 0.244 e. The molecule has 1 fully saturated rings. The Morgan fingerprint density at radius 3 is 2.86 bits per heavy atom. The molecule has 0 spiro atoms. The number of carbonyl (C=O) groups excluding carboxylic acids is 2. The standard InChI is InChI=1S/C19H26N6O3/c1-15(2)7-23-8-17(28-12-16-4-3-5-20-6-16)9-24(10-18(23)26)19(27)11-25-14-21-13-22-25/h3-6,13-15,17H,7-12H2,1-2H3/t17-/m1/s1. The zero-order valence-electron chi connectivity index (χ0n) is 16.3. The first-order valence-corrected chi connectivity index (χ1v) is 9.39. The SMILES string of the molecule is CC(C)CN1C[C@@H](OCc2cccnc2)CN(C(=O)Cn2cncn2)CC1=O. The molecule has 3 rings (SSSR count). The smallest absolute Gasteiger partial charge is 0.244 e. The molecule has 0 saturated carbocycles. The van der Waals surface area contributed by atoms with E-state index in [2.05, 4.69) is 28.9 Å². The summed E-state index contributed by atoms with van der Waals surface area (Å²) in [6.07, 6.45) is 6.05. The molecule has 9 nitrogen and oxygen atoms in total. The monoisotopic (exact) mass is 386 g/mol. The van der Waals surface area contributed by atoms with Crippen LogP contribution < -0.4 is 0 Å². The van der Waals surface area contributed by atoms with Crippen LogP contribution in [-0.2, 0) is 27.5 Å². The fourth-order valence-electron chi connectivity index (χ4n) is 3.14. The van der Waals surface area contributed by atoms with Gasteiger partial charge in [0.2, 0.25) is 11.8 Å². The largest absolute Gasteiger partial charge is 0.370 e. The van der Waals surface area contributed by atoms with E-state index < -0.39 is 0 Å². The van der Waals surface area contributed by atoms with Crippen LogP contribution in [0.25, 0.3) is 0 Å². The van der Waals surface area contributed by atoms with E-state index >= 15 is 0 Å². The summed E-state index contributed by atoms with van der Waals surface area (Å²) in [5.74, 6) is 0.0914. The summed E-state index contributed by atoms with van der Waals surface area (Å²) < 4.78 is 7.52. The molecule has 9 heteroatoms. The molecule has 1 saturated heterocycles. The van der Waals surface area contributed by atoms with E-state index in [4.69, 9.17) is 4.74 Å². The summed E-state index contributed by atoms with van der Waals surface area (Å²) in [5, 5.41) is 3.97. The average Bonchev–Trinajstić information content (AvgIpc) is 3.12. The number of pyridine rings is 1. The lowest BCUT2D eigenvalue weighted by Gasteiger charge is -2.26. The molecule has 1 atom stereocenters. The van der Waals surface area contributed by atoms with Gasteiger partial charge >= 0.3 is 0 Å². The van der Waals surface area contributed by atoms with Crippen LogP contribution in [0.3, 0.4) is 0 Å². The van der Waals surface area contributed by atoms with E-state index in [0.717, 1.165) is 5.56 Å². The van der Waals surface area contributed by atoms with Crippen molar-refractivity contribution in [1.29, 1.82) is 0 Å². The van der Waals surface area contributed by atoms with Gasteiger partial charge in [-0.2, -0.15) is 5.10 Å². The molecule has 2 aromatic rings. The van der Waals surface area contributed by atoms with E-state index in [1.807, 2.05) is 12.1 Å². The Morgan fingerprint density at radius 2 is 2.18 bits per heavy atom. The summed E-state index contributed by atoms with van der Waals surface area (Å²) in [4.78, 5) is 36.7. The van der Waals surface area contributed by atoms with Gasteiger partial charge in [0, 0.05) is 32.0 Å². The van der Waals surface area contributed by atoms with Gasteiger partial charge in [-0.3, -0.25) is 14.6 Å². The normalized spacial score (nSPS) is 17.8. The lowest BCUT2D eigenvalue weighted by atomic mass is 10.2. The van der Waals surface area contributed by atoms with Gasteiger partial charge in [0.15, 0.2) is 0 Å². The Balaban J connectivity index is 1.70. The summed E-state index contributed by atoms with van der Waals surface area (Å²) in [6, 6.07) is 3.79. The van der Waals surface area contributed by atoms with E-state index in [-0.39, 0.29) is 31.0 Å². The maximum absolute atomic E-state index is 12.7. The minimum absolute atomic E-state index is 0.0484. The molecular formula is C19H26N6O3. The highest BCUT2D eigenvalue weighted by molar-refractivity contribution is 5.85. The molecule has 0 aromatic carbocycles. The van der Waals surface area contributed by atoms with Gasteiger partial charge in [-0.25, -0.2) is 9.67 Å². The highest BCUT2D eigenvalue weighted by Gasteiger charge is 2.31. The lowest BCUT2D eigenvalue weighted by molar-refractivity contribution is -0.139. The number of rotatable bonds is 7. The molecule has 0 bridgehead atoms. The van der Waals surface area contributed by atoms with Crippen molar-refractivity contribution in [3.05, 3.63) is 42.7 Å². The summed E-state index contributed by atoms with van der Waals surface area (Å²) in [5.41, 5.74) is 0.953. The zero-order chi connectivity index (χ0) is 19.9. The van der Waals surface area contributed by atoms with Gasteiger partial charge in [-0.15, -0.1) is 0 Å². The van der Waals surface area contributed by atoms with Crippen molar-refractivity contribution in [1.82, 2.24) is 29.5 Å². The Hall–Kier alpha value is -2.81. The second-order valence-electron chi connectivity index (χ2n) is 7.35.